The molecule has 0 saturated carbocycles. The van der Waals surface area contributed by atoms with Crippen LogP contribution in [0.2, 0.25) is 0 Å². The smallest absolute Gasteiger partial charge is 0.255 e. The Bertz CT molecular complexity index is 661. The number of nitrogen functional groups attached to an aromatic ring is 1. The topological polar surface area (TPSA) is 67.1 Å². The summed E-state index contributed by atoms with van der Waals surface area (Å²) in [5.41, 5.74) is 5.18. The van der Waals surface area contributed by atoms with Crippen molar-refractivity contribution in [2.75, 3.05) is 10.7 Å². The number of anilines is 2. The van der Waals surface area contributed by atoms with Crippen LogP contribution in [0.1, 0.15) is 15.9 Å². The van der Waals surface area contributed by atoms with Gasteiger partial charge in [-0.25, -0.2) is 4.39 Å². The van der Waals surface area contributed by atoms with Gasteiger partial charge in [0, 0.05) is 14.8 Å². The van der Waals surface area contributed by atoms with Crippen molar-refractivity contribution in [3.8, 4) is 0 Å². The molecule has 4 N–H and O–H groups in total. The maximum Gasteiger partial charge on any atom is 0.255 e. The van der Waals surface area contributed by atoms with Crippen LogP contribution in [-0.2, 0) is 0 Å². The Balaban J connectivity index is 2.24. The predicted octanol–water partition coefficient (Wildman–Crippen LogP) is 3.28. The van der Waals surface area contributed by atoms with Crippen molar-refractivity contribution >= 4 is 39.9 Å². The molecule has 0 atom stereocenters. The molecule has 2 aromatic carbocycles. The Kier molecular flexibility index (Phi) is 4.56. The number of benzene rings is 2. The molecule has 0 saturated heterocycles. The molecule has 0 aliphatic rings. The summed E-state index contributed by atoms with van der Waals surface area (Å²) in [6.45, 7) is 1.82. The number of hydrogen-bond acceptors (Lipinski definition) is 3. The highest BCUT2D eigenvalue weighted by molar-refractivity contribution is 14.1. The first-order valence-electron chi connectivity index (χ1n) is 5.85. The number of nitrogens with one attached hydrogen (secondary N) is 2. The molecule has 2 rings (SSSR count). The molecule has 0 unspecified atom stereocenters. The molecular weight excluding hydrogens is 372 g/mol. The zero-order valence-corrected chi connectivity index (χ0v) is 12.9. The van der Waals surface area contributed by atoms with E-state index in [1.165, 1.54) is 12.1 Å². The van der Waals surface area contributed by atoms with Gasteiger partial charge in [0.05, 0.1) is 5.69 Å². The maximum atomic E-state index is 13.0. The molecule has 0 radical (unpaired) electrons. The first-order chi connectivity index (χ1) is 9.51. The second-order valence-corrected chi connectivity index (χ2v) is 5.41. The summed E-state index contributed by atoms with van der Waals surface area (Å²) in [5.74, 6) is 4.74. The third-order valence-electron chi connectivity index (χ3n) is 2.82. The monoisotopic (exact) mass is 385 g/mol. The van der Waals surface area contributed by atoms with Gasteiger partial charge in [0.15, 0.2) is 0 Å². The number of nitrogens with two attached hydrogens (primary N) is 1. The fraction of sp³-hybridized carbons (Fsp3) is 0.0714. The average Bonchev–Trinajstić information content (AvgIpc) is 2.41. The first kappa shape index (κ1) is 14.7. The lowest BCUT2D eigenvalue weighted by Crippen LogP contribution is -2.15. The fourth-order valence-electron chi connectivity index (χ4n) is 1.79. The van der Waals surface area contributed by atoms with Crippen LogP contribution >= 0.6 is 22.6 Å². The van der Waals surface area contributed by atoms with Gasteiger partial charge in [0.1, 0.15) is 5.82 Å². The van der Waals surface area contributed by atoms with E-state index in [4.69, 9.17) is 5.84 Å². The summed E-state index contributed by atoms with van der Waals surface area (Å²) < 4.78 is 13.7. The molecule has 0 spiro atoms. The molecule has 0 fully saturated rings. The van der Waals surface area contributed by atoms with Crippen molar-refractivity contribution in [2.24, 2.45) is 5.84 Å². The van der Waals surface area contributed by atoms with Gasteiger partial charge in [-0.2, -0.15) is 0 Å². The highest BCUT2D eigenvalue weighted by Crippen LogP contribution is 2.21. The second kappa shape index (κ2) is 6.19. The highest BCUT2D eigenvalue weighted by Gasteiger charge is 2.11. The molecule has 4 nitrogen and oxygen atoms in total. The Morgan fingerprint density at radius 1 is 1.25 bits per heavy atom. The zero-order chi connectivity index (χ0) is 14.7. The van der Waals surface area contributed by atoms with E-state index < -0.39 is 0 Å². The lowest BCUT2D eigenvalue weighted by Gasteiger charge is -2.10. The Morgan fingerprint density at radius 3 is 2.60 bits per heavy atom. The van der Waals surface area contributed by atoms with Crippen LogP contribution in [-0.4, -0.2) is 5.91 Å². The quantitative estimate of drug-likeness (QED) is 0.432. The summed E-state index contributed by atoms with van der Waals surface area (Å²) in [6.07, 6.45) is 0. The third kappa shape index (κ3) is 3.26. The number of carbonyl (C=O) groups is 1. The number of hydrogen-bond donors (Lipinski definition) is 3. The standard InChI is InChI=1S/C14H13FIN3O/c1-8-6-10(19-17)3-4-11(8)14(20)18-13-5-2-9(15)7-12(13)16/h2-7,19H,17H2,1H3,(H,18,20). The molecule has 0 bridgehead atoms. The van der Waals surface area contributed by atoms with Crippen molar-refractivity contribution in [1.82, 2.24) is 0 Å². The van der Waals surface area contributed by atoms with Crippen molar-refractivity contribution in [2.45, 2.75) is 6.92 Å². The van der Waals surface area contributed by atoms with Gasteiger partial charge in [-0.1, -0.05) is 0 Å². The first-order valence-corrected chi connectivity index (χ1v) is 6.93. The minimum Gasteiger partial charge on any atom is -0.324 e. The van der Waals surface area contributed by atoms with E-state index in [0.717, 1.165) is 11.3 Å². The van der Waals surface area contributed by atoms with E-state index >= 15 is 0 Å². The summed E-state index contributed by atoms with van der Waals surface area (Å²) in [4.78, 5) is 12.2. The number of aryl methyl sites for hydroxylation is 1. The Labute approximate surface area is 129 Å². The SMILES string of the molecule is Cc1cc(NN)ccc1C(=O)Nc1ccc(F)cc1I. The van der Waals surface area contributed by atoms with E-state index in [1.807, 2.05) is 29.5 Å². The van der Waals surface area contributed by atoms with Gasteiger partial charge in [0.25, 0.3) is 5.91 Å². The van der Waals surface area contributed by atoms with Crippen molar-refractivity contribution in [1.29, 1.82) is 0 Å². The number of amides is 1. The van der Waals surface area contributed by atoms with Gasteiger partial charge < -0.3 is 10.7 Å². The van der Waals surface area contributed by atoms with Crippen LogP contribution in [0.3, 0.4) is 0 Å². The van der Waals surface area contributed by atoms with Crippen LogP contribution < -0.4 is 16.6 Å². The molecule has 104 valence electrons. The normalized spacial score (nSPS) is 10.2. The van der Waals surface area contributed by atoms with Gasteiger partial charge >= 0.3 is 0 Å². The van der Waals surface area contributed by atoms with Crippen LogP contribution in [0.5, 0.6) is 0 Å². The molecule has 6 heteroatoms. The minimum atomic E-state index is -0.332. The van der Waals surface area contributed by atoms with Gasteiger partial charge in [-0.3, -0.25) is 10.6 Å². The summed E-state index contributed by atoms with van der Waals surface area (Å²) >= 11 is 1.98. The molecule has 0 aliphatic heterocycles. The van der Waals surface area contributed by atoms with E-state index in [2.05, 4.69) is 10.7 Å². The molecule has 2 aromatic rings. The molecular formula is C14H13FIN3O. The predicted molar refractivity (Wildman–Crippen MR) is 86.1 cm³/mol. The molecule has 1 amide bonds. The maximum absolute atomic E-state index is 13.0. The number of hydrazine groups is 1. The average molecular weight is 385 g/mol. The van der Waals surface area contributed by atoms with Crippen molar-refractivity contribution in [3.63, 3.8) is 0 Å². The molecule has 0 aliphatic carbocycles. The summed E-state index contributed by atoms with van der Waals surface area (Å²) in [6, 6.07) is 9.41. The van der Waals surface area contributed by atoms with Crippen LogP contribution in [0.25, 0.3) is 0 Å². The van der Waals surface area contributed by atoms with E-state index in [-0.39, 0.29) is 11.7 Å². The Hall–Kier alpha value is -1.67. The van der Waals surface area contributed by atoms with Crippen molar-refractivity contribution < 1.29 is 9.18 Å². The largest absolute Gasteiger partial charge is 0.324 e. The third-order valence-corrected chi connectivity index (χ3v) is 3.71. The van der Waals surface area contributed by atoms with E-state index in [9.17, 15) is 9.18 Å². The van der Waals surface area contributed by atoms with Gasteiger partial charge in [0.2, 0.25) is 0 Å². The summed E-state index contributed by atoms with van der Waals surface area (Å²) in [5, 5.41) is 2.77. The molecule has 20 heavy (non-hydrogen) atoms. The fourth-order valence-corrected chi connectivity index (χ4v) is 2.40. The Morgan fingerprint density at radius 2 is 2.00 bits per heavy atom. The van der Waals surface area contributed by atoms with E-state index in [0.29, 0.717) is 14.8 Å². The van der Waals surface area contributed by atoms with Crippen LogP contribution in [0, 0.1) is 16.3 Å². The van der Waals surface area contributed by atoms with Crippen molar-refractivity contribution in [3.05, 3.63) is 56.9 Å². The minimum absolute atomic E-state index is 0.240. The summed E-state index contributed by atoms with van der Waals surface area (Å²) in [7, 11) is 0. The second-order valence-electron chi connectivity index (χ2n) is 4.25. The van der Waals surface area contributed by atoms with Gasteiger partial charge in [-0.05, 0) is 71.5 Å². The van der Waals surface area contributed by atoms with Crippen LogP contribution in [0.4, 0.5) is 15.8 Å². The number of rotatable bonds is 3. The lowest BCUT2D eigenvalue weighted by molar-refractivity contribution is 0.102. The lowest BCUT2D eigenvalue weighted by atomic mass is 10.1. The van der Waals surface area contributed by atoms with Gasteiger partial charge in [-0.15, -0.1) is 0 Å². The van der Waals surface area contributed by atoms with E-state index in [1.54, 1.807) is 24.3 Å². The highest BCUT2D eigenvalue weighted by atomic mass is 127. The molecule has 0 aromatic heterocycles. The molecule has 0 heterocycles. The number of carbonyl (C=O) groups excluding carboxylic acids is 1. The zero-order valence-electron chi connectivity index (χ0n) is 10.7. The number of halogens is 2. The van der Waals surface area contributed by atoms with Crippen LogP contribution in [0.15, 0.2) is 36.4 Å².